The lowest BCUT2D eigenvalue weighted by molar-refractivity contribution is -0.140. The Hall–Kier alpha value is -1.31. The number of hydrogen-bond acceptors (Lipinski definition) is 2. The van der Waals surface area contributed by atoms with Crippen molar-refractivity contribution in [2.75, 3.05) is 7.11 Å². The number of hydrogen-bond donors (Lipinski definition) is 0. The van der Waals surface area contributed by atoms with Gasteiger partial charge in [-0.1, -0.05) is 114 Å². The number of methoxy groups -OCH3 is 1. The molecule has 0 aromatic heterocycles. The van der Waals surface area contributed by atoms with Gasteiger partial charge in [0.25, 0.3) is 0 Å². The van der Waals surface area contributed by atoms with Crippen LogP contribution in [0.4, 0.5) is 0 Å². The van der Waals surface area contributed by atoms with Crippen LogP contribution in [0.3, 0.4) is 0 Å². The van der Waals surface area contributed by atoms with Gasteiger partial charge < -0.3 is 4.74 Å². The summed E-state index contributed by atoms with van der Waals surface area (Å²) in [5.74, 6) is -0.107. The lowest BCUT2D eigenvalue weighted by Gasteiger charge is -2.02. The Morgan fingerprint density at radius 1 is 0.485 bits per heavy atom. The molecule has 0 atom stereocenters. The molecule has 0 heterocycles. The summed E-state index contributed by atoms with van der Waals surface area (Å²) in [6.07, 6.45) is 41.9. The van der Waals surface area contributed by atoms with Crippen molar-refractivity contribution in [3.8, 4) is 0 Å². The Morgan fingerprint density at radius 3 is 1.21 bits per heavy atom. The van der Waals surface area contributed by atoms with Crippen LogP contribution in [-0.4, -0.2) is 13.1 Å². The smallest absolute Gasteiger partial charge is 0.305 e. The SMILES string of the molecule is CCCCCCC=CCCCCCCCCCCCCC=CCCC=CCCCC(=O)OC. The molecular formula is C31H56O2. The summed E-state index contributed by atoms with van der Waals surface area (Å²) >= 11 is 0. The van der Waals surface area contributed by atoms with Gasteiger partial charge in [-0.2, -0.15) is 0 Å². The maximum Gasteiger partial charge on any atom is 0.305 e. The fourth-order valence-electron chi connectivity index (χ4n) is 3.99. The summed E-state index contributed by atoms with van der Waals surface area (Å²) in [6, 6.07) is 0. The van der Waals surface area contributed by atoms with Crippen LogP contribution in [-0.2, 0) is 9.53 Å². The van der Waals surface area contributed by atoms with Crippen LogP contribution in [0.25, 0.3) is 0 Å². The number of ether oxygens (including phenoxy) is 1. The molecule has 2 nitrogen and oxygen atoms in total. The Balaban J connectivity index is 3.19. The number of unbranched alkanes of at least 4 members (excludes halogenated alkanes) is 17. The van der Waals surface area contributed by atoms with Gasteiger partial charge in [0.1, 0.15) is 0 Å². The van der Waals surface area contributed by atoms with Gasteiger partial charge in [-0.25, -0.2) is 0 Å². The summed E-state index contributed by atoms with van der Waals surface area (Å²) in [6.45, 7) is 2.28. The maximum absolute atomic E-state index is 11.0. The molecule has 0 fully saturated rings. The molecule has 0 saturated heterocycles. The van der Waals surface area contributed by atoms with Crippen LogP contribution in [0.1, 0.15) is 148 Å². The van der Waals surface area contributed by atoms with E-state index in [1.54, 1.807) is 0 Å². The van der Waals surface area contributed by atoms with Crippen molar-refractivity contribution in [3.05, 3.63) is 36.5 Å². The van der Waals surface area contributed by atoms with E-state index in [-0.39, 0.29) is 5.97 Å². The van der Waals surface area contributed by atoms with E-state index in [0.29, 0.717) is 6.42 Å². The lowest BCUT2D eigenvalue weighted by Crippen LogP contribution is -1.98. The van der Waals surface area contributed by atoms with Crippen LogP contribution < -0.4 is 0 Å². The first-order valence-electron chi connectivity index (χ1n) is 14.3. The zero-order valence-corrected chi connectivity index (χ0v) is 22.3. The average molecular weight is 461 g/mol. The minimum atomic E-state index is -0.107. The molecule has 0 aromatic carbocycles. The van der Waals surface area contributed by atoms with E-state index >= 15 is 0 Å². The zero-order valence-electron chi connectivity index (χ0n) is 22.3. The summed E-state index contributed by atoms with van der Waals surface area (Å²) < 4.78 is 4.64. The van der Waals surface area contributed by atoms with Crippen molar-refractivity contribution in [2.45, 2.75) is 148 Å². The summed E-state index contributed by atoms with van der Waals surface area (Å²) in [7, 11) is 1.45. The van der Waals surface area contributed by atoms with Gasteiger partial charge in [0.05, 0.1) is 7.11 Å². The topological polar surface area (TPSA) is 26.3 Å². The molecule has 0 unspecified atom stereocenters. The fraction of sp³-hybridized carbons (Fsp3) is 0.774. The highest BCUT2D eigenvalue weighted by atomic mass is 16.5. The highest BCUT2D eigenvalue weighted by molar-refractivity contribution is 5.69. The fourth-order valence-corrected chi connectivity index (χ4v) is 3.99. The number of rotatable bonds is 25. The van der Waals surface area contributed by atoms with E-state index in [9.17, 15) is 4.79 Å². The molecule has 0 aliphatic carbocycles. The minimum absolute atomic E-state index is 0.107. The Bertz CT molecular complexity index is 475. The Morgan fingerprint density at radius 2 is 0.818 bits per heavy atom. The molecule has 0 aliphatic heterocycles. The van der Waals surface area contributed by atoms with Crippen LogP contribution >= 0.6 is 0 Å². The normalized spacial score (nSPS) is 11.9. The number of carbonyl (C=O) groups is 1. The highest BCUT2D eigenvalue weighted by Gasteiger charge is 1.96. The van der Waals surface area contributed by atoms with E-state index in [1.807, 2.05) is 0 Å². The molecule has 0 aliphatic rings. The third kappa shape index (κ3) is 28.7. The minimum Gasteiger partial charge on any atom is -0.469 e. The van der Waals surface area contributed by atoms with Crippen molar-refractivity contribution in [3.63, 3.8) is 0 Å². The second-order valence-corrected chi connectivity index (χ2v) is 9.42. The average Bonchev–Trinajstić information content (AvgIpc) is 2.83. The maximum atomic E-state index is 11.0. The van der Waals surface area contributed by atoms with Gasteiger partial charge in [-0.3, -0.25) is 4.79 Å². The second-order valence-electron chi connectivity index (χ2n) is 9.42. The zero-order chi connectivity index (χ0) is 24.1. The molecule has 0 radical (unpaired) electrons. The molecule has 0 spiro atoms. The Labute approximate surface area is 207 Å². The monoisotopic (exact) mass is 460 g/mol. The number of carbonyl (C=O) groups excluding carboxylic acids is 1. The molecular weight excluding hydrogens is 404 g/mol. The van der Waals surface area contributed by atoms with Crippen molar-refractivity contribution in [1.29, 1.82) is 0 Å². The molecule has 192 valence electrons. The third-order valence-corrected chi connectivity index (χ3v) is 6.20. The van der Waals surface area contributed by atoms with Crippen LogP contribution in [0.2, 0.25) is 0 Å². The van der Waals surface area contributed by atoms with Crippen molar-refractivity contribution >= 4 is 5.97 Å². The molecule has 2 heteroatoms. The van der Waals surface area contributed by atoms with Gasteiger partial charge >= 0.3 is 5.97 Å². The van der Waals surface area contributed by atoms with Gasteiger partial charge in [-0.05, 0) is 64.2 Å². The summed E-state index contributed by atoms with van der Waals surface area (Å²) in [5, 5.41) is 0. The van der Waals surface area contributed by atoms with Crippen LogP contribution in [0.15, 0.2) is 36.5 Å². The first kappa shape index (κ1) is 31.7. The molecule has 0 saturated carbocycles. The van der Waals surface area contributed by atoms with E-state index in [1.165, 1.54) is 116 Å². The molecule has 0 N–H and O–H groups in total. The lowest BCUT2D eigenvalue weighted by atomic mass is 10.0. The third-order valence-electron chi connectivity index (χ3n) is 6.20. The molecule has 33 heavy (non-hydrogen) atoms. The first-order valence-corrected chi connectivity index (χ1v) is 14.3. The summed E-state index contributed by atoms with van der Waals surface area (Å²) in [4.78, 5) is 11.0. The molecule has 0 aromatic rings. The van der Waals surface area contributed by atoms with Crippen molar-refractivity contribution in [2.24, 2.45) is 0 Å². The van der Waals surface area contributed by atoms with E-state index in [4.69, 9.17) is 0 Å². The van der Waals surface area contributed by atoms with Crippen molar-refractivity contribution in [1.82, 2.24) is 0 Å². The van der Waals surface area contributed by atoms with Crippen molar-refractivity contribution < 1.29 is 9.53 Å². The molecule has 0 rings (SSSR count). The van der Waals surface area contributed by atoms with E-state index in [0.717, 1.165) is 25.7 Å². The predicted molar refractivity (Wildman–Crippen MR) is 147 cm³/mol. The standard InChI is InChI=1S/C31H56O2/c1-3-4-5-6-7-8-9-10-11-12-13-14-15-16-17-18-19-20-21-22-23-24-25-26-27-28-29-30-31(32)33-2/h8-9,22-23,26-27H,3-7,10-21,24-25,28-30H2,1-2H3. The van der Waals surface area contributed by atoms with Gasteiger partial charge in [0, 0.05) is 6.42 Å². The van der Waals surface area contributed by atoms with E-state index < -0.39 is 0 Å². The highest BCUT2D eigenvalue weighted by Crippen LogP contribution is 2.13. The van der Waals surface area contributed by atoms with Gasteiger partial charge in [0.2, 0.25) is 0 Å². The number of allylic oxidation sites excluding steroid dienone is 6. The molecule has 0 bridgehead atoms. The predicted octanol–water partition coefficient (Wildman–Crippen LogP) is 10.4. The number of esters is 1. The quantitative estimate of drug-likeness (QED) is 0.0769. The second kappa shape index (κ2) is 28.7. The van der Waals surface area contributed by atoms with Crippen LogP contribution in [0, 0.1) is 0 Å². The largest absolute Gasteiger partial charge is 0.469 e. The van der Waals surface area contributed by atoms with Gasteiger partial charge in [0.15, 0.2) is 0 Å². The van der Waals surface area contributed by atoms with Crippen LogP contribution in [0.5, 0.6) is 0 Å². The van der Waals surface area contributed by atoms with Gasteiger partial charge in [-0.15, -0.1) is 0 Å². The molecule has 0 amide bonds. The summed E-state index contributed by atoms with van der Waals surface area (Å²) in [5.41, 5.74) is 0. The first-order chi connectivity index (χ1) is 16.3. The van der Waals surface area contributed by atoms with E-state index in [2.05, 4.69) is 48.1 Å². The Kier molecular flexibility index (Phi) is 27.6.